The molecule has 0 unspecified atom stereocenters. The second kappa shape index (κ2) is 9.16. The van der Waals surface area contributed by atoms with Crippen molar-refractivity contribution in [2.24, 2.45) is 0 Å². The minimum absolute atomic E-state index is 0.153. The number of amides is 1. The van der Waals surface area contributed by atoms with E-state index in [1.165, 1.54) is 37.3 Å². The number of aromatic amines is 2. The zero-order chi connectivity index (χ0) is 24.4. The molecule has 2 heterocycles. The van der Waals surface area contributed by atoms with E-state index in [-0.39, 0.29) is 27.7 Å². The first-order chi connectivity index (χ1) is 16.2. The molecule has 0 aliphatic rings. The van der Waals surface area contributed by atoms with Gasteiger partial charge in [0.15, 0.2) is 5.82 Å². The number of fused-ring (bicyclic) bond motifs is 1. The Bertz CT molecular complexity index is 1540. The van der Waals surface area contributed by atoms with E-state index >= 15 is 0 Å². The SMILES string of the molecule is CN(C)C(=O)C(=O)c1ccccc1Nc1nc(Nc2ccc3[nH]c(=O)[nH]c(=O)c3c2)ncc1Cl. The summed E-state index contributed by atoms with van der Waals surface area (Å²) < 4.78 is 0. The molecule has 0 saturated carbocycles. The molecule has 2 aromatic carbocycles. The number of hydrogen-bond acceptors (Lipinski definition) is 8. The van der Waals surface area contributed by atoms with E-state index in [2.05, 4.69) is 30.6 Å². The van der Waals surface area contributed by atoms with Crippen molar-refractivity contribution in [1.29, 1.82) is 0 Å². The van der Waals surface area contributed by atoms with Crippen molar-refractivity contribution >= 4 is 57.3 Å². The summed E-state index contributed by atoms with van der Waals surface area (Å²) in [5.41, 5.74) is 0.248. The highest BCUT2D eigenvalue weighted by Crippen LogP contribution is 2.27. The predicted octanol–water partition coefficient (Wildman–Crippen LogP) is 2.42. The second-order valence-electron chi connectivity index (χ2n) is 7.38. The van der Waals surface area contributed by atoms with E-state index in [1.54, 1.807) is 30.3 Å². The van der Waals surface area contributed by atoms with E-state index in [0.29, 0.717) is 16.9 Å². The van der Waals surface area contributed by atoms with Crippen molar-refractivity contribution in [3.05, 3.63) is 80.1 Å². The van der Waals surface area contributed by atoms with E-state index in [9.17, 15) is 19.2 Å². The minimum Gasteiger partial charge on any atom is -0.342 e. The molecule has 11 nitrogen and oxygen atoms in total. The first-order valence-electron chi connectivity index (χ1n) is 9.91. The molecule has 0 atom stereocenters. The average Bonchev–Trinajstić information content (AvgIpc) is 2.81. The van der Waals surface area contributed by atoms with Crippen molar-refractivity contribution in [2.75, 3.05) is 24.7 Å². The number of anilines is 4. The summed E-state index contributed by atoms with van der Waals surface area (Å²) in [7, 11) is 2.99. The maximum atomic E-state index is 12.6. The van der Waals surface area contributed by atoms with Gasteiger partial charge in [0.1, 0.15) is 5.02 Å². The van der Waals surface area contributed by atoms with Gasteiger partial charge in [0, 0.05) is 19.8 Å². The van der Waals surface area contributed by atoms with Crippen molar-refractivity contribution in [3.63, 3.8) is 0 Å². The Kier molecular flexibility index (Phi) is 6.11. The molecule has 172 valence electrons. The first kappa shape index (κ1) is 22.7. The molecule has 0 aliphatic heterocycles. The zero-order valence-electron chi connectivity index (χ0n) is 18.0. The number of aromatic nitrogens is 4. The smallest absolute Gasteiger partial charge is 0.326 e. The Labute approximate surface area is 196 Å². The van der Waals surface area contributed by atoms with Crippen molar-refractivity contribution in [3.8, 4) is 0 Å². The van der Waals surface area contributed by atoms with Gasteiger partial charge in [-0.3, -0.25) is 19.4 Å². The summed E-state index contributed by atoms with van der Waals surface area (Å²) in [5.74, 6) is -1.01. The molecule has 0 radical (unpaired) electrons. The Morgan fingerprint density at radius 3 is 2.56 bits per heavy atom. The van der Waals surface area contributed by atoms with Gasteiger partial charge >= 0.3 is 5.69 Å². The number of likely N-dealkylation sites (N-methyl/N-ethyl adjacent to an activating group) is 1. The lowest BCUT2D eigenvalue weighted by atomic mass is 10.1. The molecule has 4 aromatic rings. The Morgan fingerprint density at radius 1 is 1.03 bits per heavy atom. The van der Waals surface area contributed by atoms with Crippen LogP contribution in [0, 0.1) is 0 Å². The number of nitrogens with one attached hydrogen (secondary N) is 4. The number of nitrogens with zero attached hydrogens (tertiary/aromatic N) is 3. The normalized spacial score (nSPS) is 10.7. The number of H-pyrrole nitrogens is 2. The van der Waals surface area contributed by atoms with Crippen LogP contribution in [0.3, 0.4) is 0 Å². The van der Waals surface area contributed by atoms with Gasteiger partial charge in [-0.05, 0) is 30.3 Å². The molecule has 0 fully saturated rings. The lowest BCUT2D eigenvalue weighted by Crippen LogP contribution is -2.30. The molecule has 34 heavy (non-hydrogen) atoms. The number of para-hydroxylation sites is 1. The number of carbonyl (C=O) groups is 2. The highest BCUT2D eigenvalue weighted by Gasteiger charge is 2.21. The van der Waals surface area contributed by atoms with Crippen molar-refractivity contribution in [2.45, 2.75) is 0 Å². The molecule has 2 aromatic heterocycles. The van der Waals surface area contributed by atoms with E-state index in [4.69, 9.17) is 11.6 Å². The van der Waals surface area contributed by atoms with E-state index in [1.807, 2.05) is 0 Å². The average molecular weight is 480 g/mol. The first-order valence-corrected chi connectivity index (χ1v) is 10.3. The van der Waals surface area contributed by atoms with Crippen LogP contribution in [0.15, 0.2) is 58.3 Å². The summed E-state index contributed by atoms with van der Waals surface area (Å²) in [6.45, 7) is 0. The van der Waals surface area contributed by atoms with E-state index in [0.717, 1.165) is 0 Å². The summed E-state index contributed by atoms with van der Waals surface area (Å²) in [6.07, 6.45) is 1.36. The minimum atomic E-state index is -0.684. The van der Waals surface area contributed by atoms with Crippen molar-refractivity contribution < 1.29 is 9.59 Å². The Hall–Kier alpha value is -4.51. The number of ketones is 1. The summed E-state index contributed by atoms with van der Waals surface area (Å²) in [6, 6.07) is 11.2. The highest BCUT2D eigenvalue weighted by atomic mass is 35.5. The van der Waals surface area contributed by atoms with Crippen LogP contribution in [0.4, 0.5) is 23.1 Å². The van der Waals surface area contributed by atoms with Crippen LogP contribution in [0.2, 0.25) is 5.02 Å². The lowest BCUT2D eigenvalue weighted by Gasteiger charge is -2.14. The summed E-state index contributed by atoms with van der Waals surface area (Å²) in [5, 5.41) is 6.40. The predicted molar refractivity (Wildman–Crippen MR) is 128 cm³/mol. The highest BCUT2D eigenvalue weighted by molar-refractivity contribution is 6.43. The third-order valence-electron chi connectivity index (χ3n) is 4.76. The molecule has 4 N–H and O–H groups in total. The van der Waals surface area contributed by atoms with Crippen LogP contribution in [-0.4, -0.2) is 50.6 Å². The molecule has 12 heteroatoms. The van der Waals surface area contributed by atoms with Gasteiger partial charge in [-0.25, -0.2) is 9.78 Å². The molecule has 0 bridgehead atoms. The molecule has 0 saturated heterocycles. The third kappa shape index (κ3) is 4.64. The molecular weight excluding hydrogens is 462 g/mol. The number of hydrogen-bond donors (Lipinski definition) is 4. The third-order valence-corrected chi connectivity index (χ3v) is 5.04. The monoisotopic (exact) mass is 479 g/mol. The maximum absolute atomic E-state index is 12.6. The van der Waals surface area contributed by atoms with Gasteiger partial charge in [-0.1, -0.05) is 23.7 Å². The van der Waals surface area contributed by atoms with E-state index < -0.39 is 22.9 Å². The maximum Gasteiger partial charge on any atom is 0.326 e. The molecule has 0 spiro atoms. The van der Waals surface area contributed by atoms with Crippen LogP contribution in [0.1, 0.15) is 10.4 Å². The van der Waals surface area contributed by atoms with Crippen LogP contribution in [-0.2, 0) is 4.79 Å². The number of Topliss-reactive ketones (excluding diaryl/α,β-unsaturated/α-hetero) is 1. The van der Waals surface area contributed by atoms with Gasteiger partial charge in [0.2, 0.25) is 5.95 Å². The molecular formula is C22H18ClN7O4. The number of halogens is 1. The summed E-state index contributed by atoms with van der Waals surface area (Å²) in [4.78, 5) is 62.6. The van der Waals surface area contributed by atoms with Crippen LogP contribution >= 0.6 is 11.6 Å². The molecule has 0 aliphatic carbocycles. The zero-order valence-corrected chi connectivity index (χ0v) is 18.7. The fraction of sp³-hybridized carbons (Fsp3) is 0.0909. The standard InChI is InChI=1S/C22H18ClN7O4/c1-30(2)20(33)17(31)12-5-3-4-6-15(12)26-18-14(23)10-24-21(28-18)25-11-7-8-16-13(9-11)19(32)29-22(34)27-16/h3-10H,1-2H3,(H2,24,25,26,28)(H2,27,29,32,34). The number of rotatable bonds is 6. The van der Waals surface area contributed by atoms with Gasteiger partial charge < -0.3 is 20.5 Å². The van der Waals surface area contributed by atoms with Gasteiger partial charge in [-0.2, -0.15) is 4.98 Å². The Morgan fingerprint density at radius 2 is 1.79 bits per heavy atom. The summed E-state index contributed by atoms with van der Waals surface area (Å²) >= 11 is 6.25. The topological polar surface area (TPSA) is 153 Å². The van der Waals surface area contributed by atoms with Gasteiger partial charge in [-0.15, -0.1) is 0 Å². The number of carbonyl (C=O) groups excluding carboxylic acids is 2. The fourth-order valence-corrected chi connectivity index (χ4v) is 3.26. The van der Waals surface area contributed by atoms with Crippen LogP contribution in [0.25, 0.3) is 10.9 Å². The molecule has 1 amide bonds. The fourth-order valence-electron chi connectivity index (χ4n) is 3.12. The van der Waals surface area contributed by atoms with Crippen LogP contribution < -0.4 is 21.9 Å². The van der Waals surface area contributed by atoms with Crippen molar-refractivity contribution in [1.82, 2.24) is 24.8 Å². The largest absolute Gasteiger partial charge is 0.342 e. The second-order valence-corrected chi connectivity index (χ2v) is 7.79. The Balaban J connectivity index is 1.64. The van der Waals surface area contributed by atoms with Gasteiger partial charge in [0.25, 0.3) is 17.2 Å². The van der Waals surface area contributed by atoms with Gasteiger partial charge in [0.05, 0.1) is 28.4 Å². The van der Waals surface area contributed by atoms with Crippen LogP contribution in [0.5, 0.6) is 0 Å². The quantitative estimate of drug-likeness (QED) is 0.243. The molecule has 4 rings (SSSR count). The number of benzene rings is 2. The lowest BCUT2D eigenvalue weighted by molar-refractivity contribution is -0.124.